The molecule has 0 aromatic heterocycles. The summed E-state index contributed by atoms with van der Waals surface area (Å²) in [6.45, 7) is 4.15. The minimum Gasteiger partial charge on any atom is -0.478 e. The van der Waals surface area contributed by atoms with Crippen LogP contribution in [0.25, 0.3) is 0 Å². The Morgan fingerprint density at radius 1 is 1.27 bits per heavy atom. The van der Waals surface area contributed by atoms with E-state index in [2.05, 4.69) is 19.9 Å². The van der Waals surface area contributed by atoms with E-state index in [-0.39, 0.29) is 0 Å². The highest BCUT2D eigenvalue weighted by atomic mass is 16.4. The first-order valence-corrected chi connectivity index (χ1v) is 5.05. The molecule has 80 valence electrons. The average molecular weight is 204 g/mol. The number of hydrogen-bond acceptors (Lipinski definition) is 1. The third-order valence-corrected chi connectivity index (χ3v) is 2.19. The van der Waals surface area contributed by atoms with Gasteiger partial charge in [0, 0.05) is 0 Å². The molecule has 0 heterocycles. The van der Waals surface area contributed by atoms with E-state index in [4.69, 9.17) is 5.11 Å². The fourth-order valence-electron chi connectivity index (χ4n) is 1.34. The van der Waals surface area contributed by atoms with Crippen molar-refractivity contribution in [3.05, 3.63) is 47.0 Å². The Kier molecular flexibility index (Phi) is 4.10. The molecular weight excluding hydrogens is 188 g/mol. The molecule has 0 aliphatic heterocycles. The van der Waals surface area contributed by atoms with Crippen molar-refractivity contribution in [2.24, 2.45) is 0 Å². The van der Waals surface area contributed by atoms with Gasteiger partial charge in [-0.25, -0.2) is 4.79 Å². The van der Waals surface area contributed by atoms with Crippen LogP contribution in [-0.4, -0.2) is 11.1 Å². The molecule has 0 atom stereocenters. The molecule has 0 aliphatic rings. The predicted molar refractivity (Wildman–Crippen MR) is 61.2 cm³/mol. The highest BCUT2D eigenvalue weighted by molar-refractivity contribution is 5.87. The molecule has 1 N–H and O–H groups in total. The van der Waals surface area contributed by atoms with E-state index in [0.717, 1.165) is 12.8 Å². The number of carboxylic acid groups (broad SMARTS) is 1. The second-order valence-electron chi connectivity index (χ2n) is 3.82. The van der Waals surface area contributed by atoms with E-state index in [0.29, 0.717) is 5.56 Å². The lowest BCUT2D eigenvalue weighted by Crippen LogP contribution is -1.95. The van der Waals surface area contributed by atoms with Crippen LogP contribution in [0.15, 0.2) is 35.9 Å². The summed E-state index contributed by atoms with van der Waals surface area (Å²) >= 11 is 0. The molecule has 0 spiro atoms. The van der Waals surface area contributed by atoms with Crippen molar-refractivity contribution in [2.45, 2.75) is 26.7 Å². The molecular formula is C13H16O2. The Labute approximate surface area is 90.3 Å². The molecule has 1 rings (SSSR count). The molecule has 15 heavy (non-hydrogen) atoms. The summed E-state index contributed by atoms with van der Waals surface area (Å²) in [5, 5.41) is 8.72. The lowest BCUT2D eigenvalue weighted by molar-refractivity contribution is 0.0697. The second-order valence-corrected chi connectivity index (χ2v) is 3.82. The number of benzene rings is 1. The molecule has 0 saturated heterocycles. The Morgan fingerprint density at radius 3 is 2.33 bits per heavy atom. The Balaban J connectivity index is 2.57. The van der Waals surface area contributed by atoms with E-state index in [9.17, 15) is 4.79 Å². The molecule has 0 bridgehead atoms. The lowest BCUT2D eigenvalue weighted by Gasteiger charge is -1.99. The summed E-state index contributed by atoms with van der Waals surface area (Å²) < 4.78 is 0. The third-order valence-electron chi connectivity index (χ3n) is 2.19. The Bertz CT molecular complexity index is 357. The number of hydrogen-bond donors (Lipinski definition) is 1. The van der Waals surface area contributed by atoms with Crippen molar-refractivity contribution in [2.75, 3.05) is 0 Å². The summed E-state index contributed by atoms with van der Waals surface area (Å²) in [7, 11) is 0. The first-order valence-electron chi connectivity index (χ1n) is 5.05. The summed E-state index contributed by atoms with van der Waals surface area (Å²) in [4.78, 5) is 10.6. The molecule has 2 heteroatoms. The number of carbonyl (C=O) groups is 1. The fraction of sp³-hybridized carbons (Fsp3) is 0.308. The maximum absolute atomic E-state index is 10.6. The van der Waals surface area contributed by atoms with Gasteiger partial charge < -0.3 is 5.11 Å². The summed E-state index contributed by atoms with van der Waals surface area (Å²) in [5.41, 5.74) is 2.84. The minimum atomic E-state index is -0.870. The average Bonchev–Trinajstić information content (AvgIpc) is 2.18. The van der Waals surface area contributed by atoms with Crippen molar-refractivity contribution in [3.63, 3.8) is 0 Å². The van der Waals surface area contributed by atoms with E-state index in [1.54, 1.807) is 12.1 Å². The number of aryl methyl sites for hydroxylation is 1. The number of aromatic carboxylic acids is 1. The predicted octanol–water partition coefficient (Wildman–Crippen LogP) is 3.28. The van der Waals surface area contributed by atoms with Gasteiger partial charge >= 0.3 is 5.97 Å². The summed E-state index contributed by atoms with van der Waals surface area (Å²) in [5.74, 6) is -0.870. The van der Waals surface area contributed by atoms with Gasteiger partial charge in [-0.1, -0.05) is 23.8 Å². The molecule has 1 aromatic rings. The van der Waals surface area contributed by atoms with Gasteiger partial charge in [-0.15, -0.1) is 0 Å². The largest absolute Gasteiger partial charge is 0.478 e. The Morgan fingerprint density at radius 2 is 1.87 bits per heavy atom. The number of allylic oxidation sites excluding steroid dienone is 2. The van der Waals surface area contributed by atoms with E-state index in [1.807, 2.05) is 12.1 Å². The maximum atomic E-state index is 10.6. The summed E-state index contributed by atoms with van der Waals surface area (Å²) in [6.07, 6.45) is 4.16. The normalized spacial score (nSPS) is 9.73. The molecule has 0 saturated carbocycles. The zero-order valence-electron chi connectivity index (χ0n) is 9.16. The molecule has 0 unspecified atom stereocenters. The molecule has 0 radical (unpaired) electrons. The van der Waals surface area contributed by atoms with Crippen molar-refractivity contribution < 1.29 is 9.90 Å². The van der Waals surface area contributed by atoms with Crippen molar-refractivity contribution in [1.29, 1.82) is 0 Å². The van der Waals surface area contributed by atoms with E-state index >= 15 is 0 Å². The smallest absolute Gasteiger partial charge is 0.335 e. The maximum Gasteiger partial charge on any atom is 0.335 e. The molecule has 1 aromatic carbocycles. The van der Waals surface area contributed by atoms with Gasteiger partial charge in [-0.05, 0) is 44.4 Å². The van der Waals surface area contributed by atoms with E-state index in [1.165, 1.54) is 11.1 Å². The topological polar surface area (TPSA) is 37.3 Å². The van der Waals surface area contributed by atoms with Gasteiger partial charge in [0.05, 0.1) is 5.56 Å². The van der Waals surface area contributed by atoms with Crippen LogP contribution in [0.1, 0.15) is 36.2 Å². The molecule has 0 aliphatic carbocycles. The first-order chi connectivity index (χ1) is 7.09. The van der Waals surface area contributed by atoms with Crippen molar-refractivity contribution >= 4 is 5.97 Å². The van der Waals surface area contributed by atoms with Crippen LogP contribution in [0.3, 0.4) is 0 Å². The zero-order chi connectivity index (χ0) is 11.3. The molecule has 0 fully saturated rings. The highest BCUT2D eigenvalue weighted by Crippen LogP contribution is 2.08. The fourth-order valence-corrected chi connectivity index (χ4v) is 1.34. The third kappa shape index (κ3) is 3.98. The monoisotopic (exact) mass is 204 g/mol. The van der Waals surface area contributed by atoms with Crippen LogP contribution in [0.2, 0.25) is 0 Å². The van der Waals surface area contributed by atoms with Crippen molar-refractivity contribution in [3.8, 4) is 0 Å². The zero-order valence-corrected chi connectivity index (χ0v) is 9.16. The van der Waals surface area contributed by atoms with Crippen LogP contribution in [0, 0.1) is 0 Å². The van der Waals surface area contributed by atoms with Crippen LogP contribution < -0.4 is 0 Å². The van der Waals surface area contributed by atoms with Crippen LogP contribution in [0.5, 0.6) is 0 Å². The van der Waals surface area contributed by atoms with Gasteiger partial charge in [0.25, 0.3) is 0 Å². The molecule has 2 nitrogen and oxygen atoms in total. The van der Waals surface area contributed by atoms with Gasteiger partial charge in [0.15, 0.2) is 0 Å². The quantitative estimate of drug-likeness (QED) is 0.764. The number of rotatable bonds is 4. The highest BCUT2D eigenvalue weighted by Gasteiger charge is 2.00. The minimum absolute atomic E-state index is 0.348. The van der Waals surface area contributed by atoms with E-state index < -0.39 is 5.97 Å². The lowest BCUT2D eigenvalue weighted by atomic mass is 10.1. The number of carboxylic acids is 1. The van der Waals surface area contributed by atoms with Gasteiger partial charge in [0.2, 0.25) is 0 Å². The second kappa shape index (κ2) is 5.35. The van der Waals surface area contributed by atoms with Crippen LogP contribution in [-0.2, 0) is 6.42 Å². The first kappa shape index (κ1) is 11.5. The Hall–Kier alpha value is -1.57. The van der Waals surface area contributed by atoms with Gasteiger partial charge in [0.1, 0.15) is 0 Å². The summed E-state index contributed by atoms with van der Waals surface area (Å²) in [6, 6.07) is 7.06. The van der Waals surface area contributed by atoms with Crippen LogP contribution in [0.4, 0.5) is 0 Å². The standard InChI is InChI=1S/C13H16O2/c1-10(2)4-3-5-11-6-8-12(9-7-11)13(14)15/h4,6-9H,3,5H2,1-2H3,(H,14,15). The van der Waals surface area contributed by atoms with Gasteiger partial charge in [-0.2, -0.15) is 0 Å². The SMILES string of the molecule is CC(C)=CCCc1ccc(C(=O)O)cc1. The van der Waals surface area contributed by atoms with Crippen molar-refractivity contribution in [1.82, 2.24) is 0 Å². The van der Waals surface area contributed by atoms with Crippen LogP contribution >= 0.6 is 0 Å². The molecule has 0 amide bonds. The van der Waals surface area contributed by atoms with Gasteiger partial charge in [-0.3, -0.25) is 0 Å².